The molecule has 1 N–H and O–H groups in total. The molecule has 21 heavy (non-hydrogen) atoms. The number of thiazole rings is 1. The molecule has 2 heterocycles. The van der Waals surface area contributed by atoms with Gasteiger partial charge in [-0.25, -0.2) is 4.98 Å². The van der Waals surface area contributed by atoms with E-state index in [4.69, 9.17) is 4.42 Å². The van der Waals surface area contributed by atoms with E-state index < -0.39 is 0 Å². The van der Waals surface area contributed by atoms with Crippen molar-refractivity contribution in [2.45, 2.75) is 17.0 Å². The van der Waals surface area contributed by atoms with Gasteiger partial charge in [-0.2, -0.15) is 0 Å². The molecule has 0 aliphatic heterocycles. The van der Waals surface area contributed by atoms with Crippen LogP contribution in [0.3, 0.4) is 0 Å². The number of amides is 1. The third-order valence-corrected chi connectivity index (χ3v) is 5.23. The Bertz CT molecular complexity index is 792. The fourth-order valence-corrected chi connectivity index (χ4v) is 3.95. The molecule has 0 bridgehead atoms. The number of thioether (sulfide) groups is 1. The minimum atomic E-state index is -0.197. The van der Waals surface area contributed by atoms with Crippen LogP contribution in [0.2, 0.25) is 0 Å². The molecule has 0 atom stereocenters. The van der Waals surface area contributed by atoms with Crippen LogP contribution in [0, 0.1) is 6.92 Å². The number of aryl methyl sites for hydroxylation is 1. The van der Waals surface area contributed by atoms with Crippen molar-refractivity contribution in [3.05, 3.63) is 46.7 Å². The lowest BCUT2D eigenvalue weighted by Crippen LogP contribution is -2.18. The number of hydrogen-bond donors (Lipinski definition) is 1. The van der Waals surface area contributed by atoms with Crippen LogP contribution in [-0.2, 0) is 5.75 Å². The Kier molecular flexibility index (Phi) is 3.98. The molecule has 0 saturated carbocycles. The predicted octanol–water partition coefficient (Wildman–Crippen LogP) is 3.85. The monoisotopic (exact) mass is 318 g/mol. The number of benzene rings is 1. The number of nitrogens with one attached hydrogen (secondary N) is 1. The lowest BCUT2D eigenvalue weighted by atomic mass is 10.1. The van der Waals surface area contributed by atoms with Gasteiger partial charge in [-0.05, 0) is 13.0 Å². The summed E-state index contributed by atoms with van der Waals surface area (Å²) in [4.78, 5) is 16.4. The fraction of sp³-hybridized carbons (Fsp3) is 0.200. The minimum Gasteiger partial charge on any atom is -0.451 e. The van der Waals surface area contributed by atoms with Gasteiger partial charge in [-0.1, -0.05) is 30.0 Å². The van der Waals surface area contributed by atoms with E-state index in [1.807, 2.05) is 36.6 Å². The molecule has 3 aromatic rings. The maximum Gasteiger partial charge on any atom is 0.287 e. The van der Waals surface area contributed by atoms with Crippen LogP contribution in [0.25, 0.3) is 11.0 Å². The van der Waals surface area contributed by atoms with Crippen LogP contribution < -0.4 is 5.32 Å². The summed E-state index contributed by atoms with van der Waals surface area (Å²) in [6.45, 7) is 1.98. The summed E-state index contributed by atoms with van der Waals surface area (Å²) in [5, 5.41) is 5.64. The van der Waals surface area contributed by atoms with Crippen molar-refractivity contribution in [3.8, 4) is 0 Å². The first kappa shape index (κ1) is 14.2. The van der Waals surface area contributed by atoms with Crippen LogP contribution in [-0.4, -0.2) is 17.9 Å². The molecule has 6 heteroatoms. The number of fused-ring (bicyclic) bond motifs is 1. The number of carbonyl (C=O) groups is 1. The predicted molar refractivity (Wildman–Crippen MR) is 86.0 cm³/mol. The highest BCUT2D eigenvalue weighted by Crippen LogP contribution is 2.33. The maximum atomic E-state index is 12.0. The van der Waals surface area contributed by atoms with E-state index in [2.05, 4.69) is 10.3 Å². The molecule has 0 unspecified atom stereocenters. The Hall–Kier alpha value is -1.79. The van der Waals surface area contributed by atoms with Crippen molar-refractivity contribution in [3.63, 3.8) is 0 Å². The molecule has 0 saturated heterocycles. The zero-order chi connectivity index (χ0) is 14.8. The molecule has 0 aliphatic rings. The lowest BCUT2D eigenvalue weighted by molar-refractivity contribution is 0.0937. The average Bonchev–Trinajstić information content (AvgIpc) is 3.07. The summed E-state index contributed by atoms with van der Waals surface area (Å²) in [5.41, 5.74) is 2.68. The summed E-state index contributed by atoms with van der Waals surface area (Å²) >= 11 is 3.24. The van der Waals surface area contributed by atoms with Gasteiger partial charge in [0, 0.05) is 34.8 Å². The van der Waals surface area contributed by atoms with Gasteiger partial charge in [0.1, 0.15) is 9.92 Å². The normalized spacial score (nSPS) is 11.0. The quantitative estimate of drug-likeness (QED) is 0.742. The number of furan rings is 1. The Morgan fingerprint density at radius 3 is 2.95 bits per heavy atom. The van der Waals surface area contributed by atoms with Gasteiger partial charge in [0.15, 0.2) is 5.76 Å². The van der Waals surface area contributed by atoms with Gasteiger partial charge in [-0.15, -0.1) is 11.3 Å². The maximum absolute atomic E-state index is 12.0. The van der Waals surface area contributed by atoms with E-state index in [9.17, 15) is 4.79 Å². The van der Waals surface area contributed by atoms with E-state index in [1.165, 1.54) is 0 Å². The number of hydrogen-bond acceptors (Lipinski definition) is 5. The molecule has 108 valence electrons. The summed E-state index contributed by atoms with van der Waals surface area (Å²) in [7, 11) is 1.61. The molecule has 0 fully saturated rings. The third kappa shape index (κ3) is 2.82. The third-order valence-electron chi connectivity index (χ3n) is 3.07. The van der Waals surface area contributed by atoms with Gasteiger partial charge < -0.3 is 9.73 Å². The highest BCUT2D eigenvalue weighted by Gasteiger charge is 2.19. The van der Waals surface area contributed by atoms with Crippen molar-refractivity contribution >= 4 is 40.0 Å². The number of para-hydroxylation sites is 1. The Morgan fingerprint density at radius 2 is 2.24 bits per heavy atom. The largest absolute Gasteiger partial charge is 0.451 e. The van der Waals surface area contributed by atoms with Crippen LogP contribution >= 0.6 is 23.1 Å². The van der Waals surface area contributed by atoms with Gasteiger partial charge in [0.05, 0.1) is 0 Å². The van der Waals surface area contributed by atoms with E-state index in [1.54, 1.807) is 30.1 Å². The zero-order valence-corrected chi connectivity index (χ0v) is 13.3. The lowest BCUT2D eigenvalue weighted by Gasteiger charge is -2.00. The number of nitrogens with zero attached hydrogens (tertiary/aromatic N) is 1. The van der Waals surface area contributed by atoms with Crippen molar-refractivity contribution in [2.24, 2.45) is 0 Å². The SMILES string of the molecule is CNC(=O)c1oc2ccccc2c1CSc1nc(C)cs1. The first-order valence-electron chi connectivity index (χ1n) is 6.46. The van der Waals surface area contributed by atoms with Gasteiger partial charge in [0.25, 0.3) is 5.91 Å². The van der Waals surface area contributed by atoms with Crippen LogP contribution in [0.4, 0.5) is 0 Å². The molecule has 0 aliphatic carbocycles. The number of aromatic nitrogens is 1. The standard InChI is InChI=1S/C15H14N2O2S2/c1-9-7-20-15(17-9)21-8-11-10-5-3-4-6-12(10)19-13(11)14(18)16-2/h3-7H,8H2,1-2H3,(H,16,18). The topological polar surface area (TPSA) is 55.1 Å². The Labute approximate surface area is 130 Å². The number of carbonyl (C=O) groups excluding carboxylic acids is 1. The summed E-state index contributed by atoms with van der Waals surface area (Å²) in [5.74, 6) is 0.851. The molecule has 1 amide bonds. The van der Waals surface area contributed by atoms with Crippen LogP contribution in [0.5, 0.6) is 0 Å². The first-order valence-corrected chi connectivity index (χ1v) is 8.33. The van der Waals surface area contributed by atoms with Crippen molar-refractivity contribution in [2.75, 3.05) is 7.05 Å². The van der Waals surface area contributed by atoms with Gasteiger partial charge in [0.2, 0.25) is 0 Å². The van der Waals surface area contributed by atoms with Crippen molar-refractivity contribution < 1.29 is 9.21 Å². The molecule has 0 radical (unpaired) electrons. The minimum absolute atomic E-state index is 0.197. The van der Waals surface area contributed by atoms with Gasteiger partial charge in [-0.3, -0.25) is 4.79 Å². The fourth-order valence-electron chi connectivity index (χ4n) is 2.07. The number of rotatable bonds is 4. The molecule has 1 aromatic carbocycles. The molecule has 4 nitrogen and oxygen atoms in total. The van der Waals surface area contributed by atoms with Crippen LogP contribution in [0.15, 0.2) is 38.4 Å². The van der Waals surface area contributed by atoms with E-state index >= 15 is 0 Å². The molecule has 2 aromatic heterocycles. The van der Waals surface area contributed by atoms with Crippen molar-refractivity contribution in [1.29, 1.82) is 0 Å². The average molecular weight is 318 g/mol. The van der Waals surface area contributed by atoms with Gasteiger partial charge >= 0.3 is 0 Å². The van der Waals surface area contributed by atoms with E-state index in [-0.39, 0.29) is 5.91 Å². The van der Waals surface area contributed by atoms with Crippen molar-refractivity contribution in [1.82, 2.24) is 10.3 Å². The first-order chi connectivity index (χ1) is 10.2. The highest BCUT2D eigenvalue weighted by molar-refractivity contribution is 8.00. The smallest absolute Gasteiger partial charge is 0.287 e. The van der Waals surface area contributed by atoms with E-state index in [0.717, 1.165) is 26.6 Å². The molecule has 3 rings (SSSR count). The summed E-state index contributed by atoms with van der Waals surface area (Å²) in [6, 6.07) is 7.71. The summed E-state index contributed by atoms with van der Waals surface area (Å²) in [6.07, 6.45) is 0. The summed E-state index contributed by atoms with van der Waals surface area (Å²) < 4.78 is 6.70. The Morgan fingerprint density at radius 1 is 1.43 bits per heavy atom. The Balaban J connectivity index is 1.96. The highest BCUT2D eigenvalue weighted by atomic mass is 32.2. The second kappa shape index (κ2) is 5.91. The second-order valence-corrected chi connectivity index (χ2v) is 6.61. The molecule has 0 spiro atoms. The van der Waals surface area contributed by atoms with E-state index in [0.29, 0.717) is 11.5 Å². The second-order valence-electron chi connectivity index (χ2n) is 4.53. The molecular weight excluding hydrogens is 304 g/mol. The zero-order valence-electron chi connectivity index (χ0n) is 11.7. The molecular formula is C15H14N2O2S2. The van der Waals surface area contributed by atoms with Crippen LogP contribution in [0.1, 0.15) is 21.8 Å².